The van der Waals surface area contributed by atoms with E-state index in [2.05, 4.69) is 54.4 Å². The van der Waals surface area contributed by atoms with Crippen molar-refractivity contribution in [1.29, 1.82) is 0 Å². The molecule has 1 N–H and O–H groups in total. The van der Waals surface area contributed by atoms with Gasteiger partial charge in [0.1, 0.15) is 0 Å². The van der Waals surface area contributed by atoms with Crippen molar-refractivity contribution in [2.75, 3.05) is 13.1 Å². The van der Waals surface area contributed by atoms with Crippen molar-refractivity contribution in [2.24, 2.45) is 0 Å². The van der Waals surface area contributed by atoms with Crippen LogP contribution >= 0.6 is 0 Å². The summed E-state index contributed by atoms with van der Waals surface area (Å²) in [5, 5.41) is 7.57. The highest BCUT2D eigenvalue weighted by molar-refractivity contribution is 5.96. The van der Waals surface area contributed by atoms with E-state index in [9.17, 15) is 4.79 Å². The third-order valence-corrected chi connectivity index (χ3v) is 6.13. The molecular formula is C24H27N3O. The summed E-state index contributed by atoms with van der Waals surface area (Å²) in [6, 6.07) is 14.4. The maximum absolute atomic E-state index is 13.0. The fraction of sp³-hybridized carbons (Fsp3) is 0.333. The Labute approximate surface area is 166 Å². The normalized spacial score (nSPS) is 15.0. The molecule has 1 amide bonds. The minimum absolute atomic E-state index is 0.156. The van der Waals surface area contributed by atoms with Gasteiger partial charge in [0.05, 0.1) is 6.20 Å². The molecule has 1 fully saturated rings. The highest BCUT2D eigenvalue weighted by atomic mass is 16.2. The largest absolute Gasteiger partial charge is 0.339 e. The van der Waals surface area contributed by atoms with E-state index in [1.54, 1.807) is 0 Å². The Morgan fingerprint density at radius 1 is 0.964 bits per heavy atom. The number of benzene rings is 2. The van der Waals surface area contributed by atoms with Crippen molar-refractivity contribution < 1.29 is 4.79 Å². The molecule has 1 aliphatic rings. The smallest absolute Gasteiger partial charge is 0.254 e. The summed E-state index contributed by atoms with van der Waals surface area (Å²) in [6.07, 6.45) is 3.85. The maximum atomic E-state index is 13.0. The second-order valence-electron chi connectivity index (χ2n) is 7.83. The van der Waals surface area contributed by atoms with E-state index in [0.717, 1.165) is 37.1 Å². The molecule has 4 heteroatoms. The number of aromatic amines is 1. The lowest BCUT2D eigenvalue weighted by atomic mass is 9.88. The van der Waals surface area contributed by atoms with Crippen LogP contribution in [0.3, 0.4) is 0 Å². The Balaban J connectivity index is 1.50. The van der Waals surface area contributed by atoms with Gasteiger partial charge in [0.25, 0.3) is 5.91 Å². The van der Waals surface area contributed by atoms with E-state index in [1.165, 1.54) is 27.9 Å². The Kier molecular flexibility index (Phi) is 5.03. The fourth-order valence-electron chi connectivity index (χ4n) is 4.22. The van der Waals surface area contributed by atoms with Gasteiger partial charge in [0.2, 0.25) is 0 Å². The van der Waals surface area contributed by atoms with Crippen LogP contribution in [0.5, 0.6) is 0 Å². The van der Waals surface area contributed by atoms with Gasteiger partial charge in [-0.05, 0) is 61.9 Å². The molecule has 0 aliphatic carbocycles. The number of amides is 1. The Hall–Kier alpha value is -2.88. The van der Waals surface area contributed by atoms with Crippen molar-refractivity contribution in [3.05, 3.63) is 76.6 Å². The SMILES string of the molecule is Cc1ccccc1-c1cn[nH]c1C1CCN(C(=O)c2cccc(C)c2C)CC1. The number of likely N-dealkylation sites (tertiary alicyclic amines) is 1. The van der Waals surface area contributed by atoms with E-state index in [1.807, 2.05) is 30.2 Å². The third-order valence-electron chi connectivity index (χ3n) is 6.13. The van der Waals surface area contributed by atoms with Crippen LogP contribution < -0.4 is 0 Å². The summed E-state index contributed by atoms with van der Waals surface area (Å²) in [6.45, 7) is 7.79. The van der Waals surface area contributed by atoms with E-state index in [0.29, 0.717) is 5.92 Å². The van der Waals surface area contributed by atoms with E-state index < -0.39 is 0 Å². The van der Waals surface area contributed by atoms with Crippen molar-refractivity contribution in [1.82, 2.24) is 15.1 Å². The lowest BCUT2D eigenvalue weighted by Gasteiger charge is -2.32. The first kappa shape index (κ1) is 18.5. The maximum Gasteiger partial charge on any atom is 0.254 e. The molecule has 0 atom stereocenters. The summed E-state index contributed by atoms with van der Waals surface area (Å²) in [5.41, 5.74) is 7.98. The van der Waals surface area contributed by atoms with Crippen LogP contribution in [0.2, 0.25) is 0 Å². The first-order chi connectivity index (χ1) is 13.6. The molecule has 2 aromatic carbocycles. The van der Waals surface area contributed by atoms with Gasteiger partial charge in [0, 0.05) is 35.8 Å². The van der Waals surface area contributed by atoms with E-state index in [-0.39, 0.29) is 5.91 Å². The first-order valence-corrected chi connectivity index (χ1v) is 10.0. The minimum Gasteiger partial charge on any atom is -0.339 e. The zero-order valence-corrected chi connectivity index (χ0v) is 16.8. The van der Waals surface area contributed by atoms with E-state index >= 15 is 0 Å². The molecule has 0 radical (unpaired) electrons. The lowest BCUT2D eigenvalue weighted by molar-refractivity contribution is 0.0711. The molecule has 4 nitrogen and oxygen atoms in total. The van der Waals surface area contributed by atoms with Crippen LogP contribution in [0.15, 0.2) is 48.7 Å². The van der Waals surface area contributed by atoms with Crippen LogP contribution in [0.25, 0.3) is 11.1 Å². The number of carbonyl (C=O) groups is 1. The number of rotatable bonds is 3. The molecule has 0 unspecified atom stereocenters. The third kappa shape index (κ3) is 3.35. The molecule has 1 aromatic heterocycles. The molecule has 1 saturated heterocycles. The highest BCUT2D eigenvalue weighted by Crippen LogP contribution is 2.35. The van der Waals surface area contributed by atoms with Gasteiger partial charge in [0.15, 0.2) is 0 Å². The average molecular weight is 374 g/mol. The van der Waals surface area contributed by atoms with Crippen LogP contribution in [-0.4, -0.2) is 34.1 Å². The number of nitrogens with zero attached hydrogens (tertiary/aromatic N) is 2. The molecule has 28 heavy (non-hydrogen) atoms. The molecule has 0 saturated carbocycles. The Morgan fingerprint density at radius 2 is 1.68 bits per heavy atom. The summed E-state index contributed by atoms with van der Waals surface area (Å²) in [4.78, 5) is 15.0. The van der Waals surface area contributed by atoms with Gasteiger partial charge >= 0.3 is 0 Å². The quantitative estimate of drug-likeness (QED) is 0.701. The zero-order chi connectivity index (χ0) is 19.7. The van der Waals surface area contributed by atoms with Crippen LogP contribution in [0, 0.1) is 20.8 Å². The minimum atomic E-state index is 0.156. The number of piperidine rings is 1. The van der Waals surface area contributed by atoms with Gasteiger partial charge < -0.3 is 4.90 Å². The molecule has 0 bridgehead atoms. The second-order valence-corrected chi connectivity index (χ2v) is 7.83. The van der Waals surface area contributed by atoms with Gasteiger partial charge in [-0.25, -0.2) is 0 Å². The fourth-order valence-corrected chi connectivity index (χ4v) is 4.22. The zero-order valence-electron chi connectivity index (χ0n) is 16.8. The van der Waals surface area contributed by atoms with Gasteiger partial charge in [-0.15, -0.1) is 0 Å². The van der Waals surface area contributed by atoms with Crippen molar-refractivity contribution >= 4 is 5.91 Å². The van der Waals surface area contributed by atoms with Crippen LogP contribution in [-0.2, 0) is 0 Å². The van der Waals surface area contributed by atoms with Crippen molar-refractivity contribution in [3.8, 4) is 11.1 Å². The molecule has 1 aliphatic heterocycles. The monoisotopic (exact) mass is 373 g/mol. The van der Waals surface area contributed by atoms with Gasteiger partial charge in [-0.2, -0.15) is 5.10 Å². The van der Waals surface area contributed by atoms with Crippen LogP contribution in [0.1, 0.15) is 51.5 Å². The lowest BCUT2D eigenvalue weighted by Crippen LogP contribution is -2.38. The molecule has 144 valence electrons. The summed E-state index contributed by atoms with van der Waals surface area (Å²) < 4.78 is 0. The summed E-state index contributed by atoms with van der Waals surface area (Å²) in [5.74, 6) is 0.558. The number of aromatic nitrogens is 2. The average Bonchev–Trinajstić information content (AvgIpc) is 3.19. The topological polar surface area (TPSA) is 49.0 Å². The number of hydrogen-bond acceptors (Lipinski definition) is 2. The van der Waals surface area contributed by atoms with Crippen molar-refractivity contribution in [2.45, 2.75) is 39.5 Å². The Bertz CT molecular complexity index is 997. The van der Waals surface area contributed by atoms with E-state index in [4.69, 9.17) is 0 Å². The number of nitrogens with one attached hydrogen (secondary N) is 1. The standard InChI is InChI=1S/C24H27N3O/c1-16-8-6-10-21(18(16)3)24(28)27-13-11-19(12-14-27)23-22(15-25-26-23)20-9-5-4-7-17(20)2/h4-10,15,19H,11-14H2,1-3H3,(H,25,26). The summed E-state index contributed by atoms with van der Waals surface area (Å²) >= 11 is 0. The number of aryl methyl sites for hydroxylation is 2. The Morgan fingerprint density at radius 3 is 2.43 bits per heavy atom. The predicted octanol–water partition coefficient (Wildman–Crippen LogP) is 5.02. The number of H-pyrrole nitrogens is 1. The second kappa shape index (κ2) is 7.63. The van der Waals surface area contributed by atoms with Crippen LogP contribution in [0.4, 0.5) is 0 Å². The highest BCUT2D eigenvalue weighted by Gasteiger charge is 2.28. The first-order valence-electron chi connectivity index (χ1n) is 10.0. The molecule has 0 spiro atoms. The van der Waals surface area contributed by atoms with Gasteiger partial charge in [-0.3, -0.25) is 9.89 Å². The van der Waals surface area contributed by atoms with Gasteiger partial charge in [-0.1, -0.05) is 36.4 Å². The predicted molar refractivity (Wildman–Crippen MR) is 113 cm³/mol. The molecular weight excluding hydrogens is 346 g/mol. The molecule has 3 aromatic rings. The summed E-state index contributed by atoms with van der Waals surface area (Å²) in [7, 11) is 0. The van der Waals surface area contributed by atoms with Crippen molar-refractivity contribution in [3.63, 3.8) is 0 Å². The molecule has 2 heterocycles. The number of carbonyl (C=O) groups excluding carboxylic acids is 1. The number of hydrogen-bond donors (Lipinski definition) is 1. The molecule has 4 rings (SSSR count).